The molecular weight excluding hydrogens is 244 g/mol. The molecule has 1 aromatic carbocycles. The number of nitrogens with one attached hydrogen (secondary N) is 2. The molecule has 0 saturated carbocycles. The van der Waals surface area contributed by atoms with E-state index in [2.05, 4.69) is 15.6 Å². The second-order valence-electron chi connectivity index (χ2n) is 3.76. The Morgan fingerprint density at radius 2 is 1.63 bits per heavy atom. The molecule has 6 heteroatoms. The van der Waals surface area contributed by atoms with Crippen LogP contribution >= 0.6 is 0 Å². The highest BCUT2D eigenvalue weighted by Gasteiger charge is 2.05. The van der Waals surface area contributed by atoms with Crippen molar-refractivity contribution >= 4 is 23.3 Å². The SMILES string of the molecule is NC(=O)Nc1ccc(NC(=O)c2cccnc2)cc1. The molecule has 6 nitrogen and oxygen atoms in total. The minimum absolute atomic E-state index is 0.247. The Bertz CT molecular complexity index is 581. The van der Waals surface area contributed by atoms with Gasteiger partial charge in [-0.1, -0.05) is 0 Å². The first-order chi connectivity index (χ1) is 9.15. The minimum Gasteiger partial charge on any atom is -0.351 e. The van der Waals surface area contributed by atoms with Gasteiger partial charge >= 0.3 is 6.03 Å². The van der Waals surface area contributed by atoms with Gasteiger partial charge in [0.05, 0.1) is 5.56 Å². The number of primary amides is 1. The largest absolute Gasteiger partial charge is 0.351 e. The van der Waals surface area contributed by atoms with Gasteiger partial charge in [-0.2, -0.15) is 0 Å². The molecule has 1 aromatic heterocycles. The molecule has 1 heterocycles. The molecule has 0 radical (unpaired) electrons. The molecule has 0 aliphatic carbocycles. The number of pyridine rings is 1. The van der Waals surface area contributed by atoms with Crippen LogP contribution in [-0.2, 0) is 0 Å². The summed E-state index contributed by atoms with van der Waals surface area (Å²) in [5.74, 6) is -0.247. The molecule has 0 bridgehead atoms. The van der Waals surface area contributed by atoms with Crippen LogP contribution in [0.4, 0.5) is 16.2 Å². The maximum Gasteiger partial charge on any atom is 0.316 e. The standard InChI is InChI=1S/C13H12N4O2/c14-13(19)17-11-5-3-10(4-6-11)16-12(18)9-2-1-7-15-8-9/h1-8H,(H,16,18)(H3,14,17,19). The van der Waals surface area contributed by atoms with Crippen LogP contribution in [0.5, 0.6) is 0 Å². The molecule has 0 spiro atoms. The van der Waals surface area contributed by atoms with E-state index in [4.69, 9.17) is 5.73 Å². The fraction of sp³-hybridized carbons (Fsp3) is 0. The quantitative estimate of drug-likeness (QED) is 0.781. The maximum absolute atomic E-state index is 11.8. The number of hydrogen-bond acceptors (Lipinski definition) is 3. The Labute approximate surface area is 109 Å². The molecule has 3 amide bonds. The van der Waals surface area contributed by atoms with E-state index in [1.54, 1.807) is 42.6 Å². The number of aromatic nitrogens is 1. The van der Waals surface area contributed by atoms with Gasteiger partial charge in [0.1, 0.15) is 0 Å². The van der Waals surface area contributed by atoms with E-state index in [1.807, 2.05) is 0 Å². The van der Waals surface area contributed by atoms with Gasteiger partial charge in [-0.25, -0.2) is 4.79 Å². The number of nitrogens with two attached hydrogens (primary N) is 1. The number of carbonyl (C=O) groups is 2. The number of urea groups is 1. The first-order valence-electron chi connectivity index (χ1n) is 5.53. The number of hydrogen-bond donors (Lipinski definition) is 3. The molecular formula is C13H12N4O2. The van der Waals surface area contributed by atoms with Crippen molar-refractivity contribution in [2.45, 2.75) is 0 Å². The van der Waals surface area contributed by atoms with Gasteiger partial charge in [-0.05, 0) is 36.4 Å². The van der Waals surface area contributed by atoms with E-state index in [-0.39, 0.29) is 5.91 Å². The predicted octanol–water partition coefficient (Wildman–Crippen LogP) is 1.82. The summed E-state index contributed by atoms with van der Waals surface area (Å²) in [5, 5.41) is 5.15. The fourth-order valence-electron chi connectivity index (χ4n) is 1.48. The van der Waals surface area contributed by atoms with E-state index in [0.29, 0.717) is 16.9 Å². The van der Waals surface area contributed by atoms with E-state index in [0.717, 1.165) is 0 Å². The molecule has 0 fully saturated rings. The van der Waals surface area contributed by atoms with Crippen LogP contribution in [0.15, 0.2) is 48.8 Å². The van der Waals surface area contributed by atoms with Crippen molar-refractivity contribution in [3.8, 4) is 0 Å². The van der Waals surface area contributed by atoms with Crippen LogP contribution in [0.3, 0.4) is 0 Å². The zero-order valence-corrected chi connectivity index (χ0v) is 9.96. The molecule has 96 valence electrons. The second-order valence-corrected chi connectivity index (χ2v) is 3.76. The summed E-state index contributed by atoms with van der Waals surface area (Å²) < 4.78 is 0. The topological polar surface area (TPSA) is 97.1 Å². The lowest BCUT2D eigenvalue weighted by atomic mass is 10.2. The first-order valence-corrected chi connectivity index (χ1v) is 5.53. The monoisotopic (exact) mass is 256 g/mol. The lowest BCUT2D eigenvalue weighted by Crippen LogP contribution is -2.19. The van der Waals surface area contributed by atoms with Crippen LogP contribution in [0.1, 0.15) is 10.4 Å². The predicted molar refractivity (Wildman–Crippen MR) is 71.8 cm³/mol. The number of amides is 3. The Hall–Kier alpha value is -2.89. The highest BCUT2D eigenvalue weighted by molar-refractivity contribution is 6.04. The summed E-state index contributed by atoms with van der Waals surface area (Å²) in [6, 6.07) is 9.35. The van der Waals surface area contributed by atoms with E-state index >= 15 is 0 Å². The van der Waals surface area contributed by atoms with Gasteiger partial charge in [-0.15, -0.1) is 0 Å². The zero-order valence-electron chi connectivity index (χ0n) is 9.96. The van der Waals surface area contributed by atoms with Crippen molar-refractivity contribution in [2.75, 3.05) is 10.6 Å². The van der Waals surface area contributed by atoms with E-state index in [9.17, 15) is 9.59 Å². The molecule has 4 N–H and O–H groups in total. The van der Waals surface area contributed by atoms with Gasteiger partial charge in [0, 0.05) is 23.8 Å². The van der Waals surface area contributed by atoms with Crippen molar-refractivity contribution in [1.82, 2.24) is 4.98 Å². The van der Waals surface area contributed by atoms with Gasteiger partial charge in [0.25, 0.3) is 5.91 Å². The fourth-order valence-corrected chi connectivity index (χ4v) is 1.48. The Morgan fingerprint density at radius 1 is 1.00 bits per heavy atom. The summed E-state index contributed by atoms with van der Waals surface area (Å²) >= 11 is 0. The number of rotatable bonds is 3. The van der Waals surface area contributed by atoms with Gasteiger partial charge in [0.2, 0.25) is 0 Å². The number of carbonyl (C=O) groups excluding carboxylic acids is 2. The van der Waals surface area contributed by atoms with Crippen molar-refractivity contribution in [2.24, 2.45) is 5.73 Å². The lowest BCUT2D eigenvalue weighted by Gasteiger charge is -2.06. The molecule has 0 aliphatic rings. The lowest BCUT2D eigenvalue weighted by molar-refractivity contribution is 0.102. The summed E-state index contributed by atoms with van der Waals surface area (Å²) in [7, 11) is 0. The molecule has 2 aromatic rings. The average Bonchev–Trinajstić information content (AvgIpc) is 2.41. The summed E-state index contributed by atoms with van der Waals surface area (Å²) in [6.07, 6.45) is 3.08. The van der Waals surface area contributed by atoms with Gasteiger partial charge in [0.15, 0.2) is 0 Å². The van der Waals surface area contributed by atoms with E-state index in [1.165, 1.54) is 6.20 Å². The van der Waals surface area contributed by atoms with Crippen molar-refractivity contribution in [3.63, 3.8) is 0 Å². The van der Waals surface area contributed by atoms with Gasteiger partial charge in [-0.3, -0.25) is 9.78 Å². The molecule has 0 atom stereocenters. The summed E-state index contributed by atoms with van der Waals surface area (Å²) in [6.45, 7) is 0. The third kappa shape index (κ3) is 3.53. The highest BCUT2D eigenvalue weighted by Crippen LogP contribution is 2.14. The van der Waals surface area contributed by atoms with Crippen molar-refractivity contribution < 1.29 is 9.59 Å². The second kappa shape index (κ2) is 5.63. The zero-order chi connectivity index (χ0) is 13.7. The minimum atomic E-state index is -0.632. The first kappa shape index (κ1) is 12.6. The highest BCUT2D eigenvalue weighted by atomic mass is 16.2. The molecule has 0 aliphatic heterocycles. The maximum atomic E-state index is 11.8. The number of benzene rings is 1. The third-order valence-corrected chi connectivity index (χ3v) is 2.33. The smallest absolute Gasteiger partial charge is 0.316 e. The number of nitrogens with zero attached hydrogens (tertiary/aromatic N) is 1. The van der Waals surface area contributed by atoms with Crippen LogP contribution in [-0.4, -0.2) is 16.9 Å². The Balaban J connectivity index is 2.04. The number of anilines is 2. The van der Waals surface area contributed by atoms with Crippen LogP contribution in [0, 0.1) is 0 Å². The van der Waals surface area contributed by atoms with Crippen LogP contribution < -0.4 is 16.4 Å². The molecule has 19 heavy (non-hydrogen) atoms. The molecule has 0 unspecified atom stereocenters. The molecule has 0 saturated heterocycles. The Morgan fingerprint density at radius 3 is 2.16 bits per heavy atom. The summed E-state index contributed by atoms with van der Waals surface area (Å²) in [5.41, 5.74) is 6.64. The van der Waals surface area contributed by atoms with Crippen molar-refractivity contribution in [1.29, 1.82) is 0 Å². The third-order valence-electron chi connectivity index (χ3n) is 2.33. The van der Waals surface area contributed by atoms with Gasteiger partial charge < -0.3 is 16.4 Å². The normalized spacial score (nSPS) is 9.68. The van der Waals surface area contributed by atoms with Crippen LogP contribution in [0.2, 0.25) is 0 Å². The van der Waals surface area contributed by atoms with Crippen LogP contribution in [0.25, 0.3) is 0 Å². The average molecular weight is 256 g/mol. The summed E-state index contributed by atoms with van der Waals surface area (Å²) in [4.78, 5) is 26.4. The molecule has 2 rings (SSSR count). The van der Waals surface area contributed by atoms with Crippen molar-refractivity contribution in [3.05, 3.63) is 54.4 Å². The van der Waals surface area contributed by atoms with E-state index < -0.39 is 6.03 Å². The Kier molecular flexibility index (Phi) is 3.72.